The molecule has 0 unspecified atom stereocenters. The largest absolute Gasteiger partial charge is 0.468 e. The van der Waals surface area contributed by atoms with Gasteiger partial charge in [-0.1, -0.05) is 30.3 Å². The minimum absolute atomic E-state index is 0.0330. The standard InChI is InChI=1S/C15H15N3O3/c1-21-12(19)9-17-7-8-18-10-16-13(14(18)15(17)20)11-5-3-2-4-6-11/h2-6,10H,7-9H2,1H3. The molecule has 1 aromatic carbocycles. The van der Waals surface area contributed by atoms with E-state index in [1.54, 1.807) is 6.33 Å². The molecule has 108 valence electrons. The van der Waals surface area contributed by atoms with Gasteiger partial charge in [-0.05, 0) is 0 Å². The molecule has 0 aliphatic carbocycles. The van der Waals surface area contributed by atoms with Crippen LogP contribution in [0.15, 0.2) is 36.7 Å². The molecule has 1 amide bonds. The van der Waals surface area contributed by atoms with Gasteiger partial charge in [-0.15, -0.1) is 0 Å². The number of imidazole rings is 1. The minimum atomic E-state index is -0.419. The number of carbonyl (C=O) groups excluding carboxylic acids is 2. The lowest BCUT2D eigenvalue weighted by atomic mass is 10.1. The van der Waals surface area contributed by atoms with Crippen LogP contribution in [0.3, 0.4) is 0 Å². The molecule has 2 aromatic rings. The first-order valence-electron chi connectivity index (χ1n) is 6.67. The van der Waals surface area contributed by atoms with Gasteiger partial charge in [-0.3, -0.25) is 9.59 Å². The molecule has 0 atom stereocenters. The third-order valence-corrected chi connectivity index (χ3v) is 3.53. The highest BCUT2D eigenvalue weighted by atomic mass is 16.5. The highest BCUT2D eigenvalue weighted by Crippen LogP contribution is 2.25. The first-order chi connectivity index (χ1) is 10.2. The number of methoxy groups -OCH3 is 1. The number of ether oxygens (including phenoxy) is 1. The Labute approximate surface area is 122 Å². The minimum Gasteiger partial charge on any atom is -0.468 e. The Kier molecular flexibility index (Phi) is 3.43. The smallest absolute Gasteiger partial charge is 0.325 e. The van der Waals surface area contributed by atoms with Gasteiger partial charge in [0.05, 0.1) is 13.4 Å². The van der Waals surface area contributed by atoms with E-state index in [1.165, 1.54) is 12.0 Å². The fourth-order valence-corrected chi connectivity index (χ4v) is 2.43. The zero-order valence-electron chi connectivity index (χ0n) is 11.7. The zero-order valence-corrected chi connectivity index (χ0v) is 11.7. The summed E-state index contributed by atoms with van der Waals surface area (Å²) < 4.78 is 6.46. The summed E-state index contributed by atoms with van der Waals surface area (Å²) in [6, 6.07) is 9.55. The maximum Gasteiger partial charge on any atom is 0.325 e. The van der Waals surface area contributed by atoms with E-state index in [0.29, 0.717) is 24.5 Å². The van der Waals surface area contributed by atoms with Crippen LogP contribution in [0, 0.1) is 0 Å². The van der Waals surface area contributed by atoms with E-state index in [1.807, 2.05) is 34.9 Å². The average molecular weight is 285 g/mol. The van der Waals surface area contributed by atoms with Gasteiger partial charge in [0.25, 0.3) is 5.91 Å². The molecule has 1 aliphatic rings. The molecule has 0 spiro atoms. The lowest BCUT2D eigenvalue weighted by molar-refractivity contribution is -0.141. The Morgan fingerprint density at radius 1 is 1.29 bits per heavy atom. The van der Waals surface area contributed by atoms with Gasteiger partial charge < -0.3 is 14.2 Å². The maximum absolute atomic E-state index is 12.6. The first-order valence-corrected chi connectivity index (χ1v) is 6.67. The summed E-state index contributed by atoms with van der Waals surface area (Å²) in [5.74, 6) is -0.611. The van der Waals surface area contributed by atoms with Crippen LogP contribution in [-0.2, 0) is 16.1 Å². The Balaban J connectivity index is 1.95. The van der Waals surface area contributed by atoms with Crippen molar-refractivity contribution < 1.29 is 14.3 Å². The first kappa shape index (κ1) is 13.4. The van der Waals surface area contributed by atoms with Crippen LogP contribution in [0.1, 0.15) is 10.5 Å². The third kappa shape index (κ3) is 2.40. The monoisotopic (exact) mass is 285 g/mol. The molecule has 21 heavy (non-hydrogen) atoms. The second kappa shape index (κ2) is 5.40. The van der Waals surface area contributed by atoms with E-state index in [9.17, 15) is 9.59 Å². The molecule has 0 saturated carbocycles. The van der Waals surface area contributed by atoms with Crippen molar-refractivity contribution in [1.82, 2.24) is 14.5 Å². The van der Waals surface area contributed by atoms with Gasteiger partial charge in [-0.25, -0.2) is 4.98 Å². The van der Waals surface area contributed by atoms with Gasteiger partial charge in [0, 0.05) is 18.7 Å². The maximum atomic E-state index is 12.6. The number of rotatable bonds is 3. The van der Waals surface area contributed by atoms with Crippen molar-refractivity contribution in [3.63, 3.8) is 0 Å². The number of fused-ring (bicyclic) bond motifs is 1. The van der Waals surface area contributed by atoms with Gasteiger partial charge in [0.1, 0.15) is 17.9 Å². The Hall–Kier alpha value is -2.63. The summed E-state index contributed by atoms with van der Waals surface area (Å²) in [6.07, 6.45) is 1.67. The summed E-state index contributed by atoms with van der Waals surface area (Å²) in [6.45, 7) is 1.07. The van der Waals surface area contributed by atoms with Crippen LogP contribution < -0.4 is 0 Å². The van der Waals surface area contributed by atoms with Crippen LogP contribution in [0.2, 0.25) is 0 Å². The Morgan fingerprint density at radius 3 is 2.76 bits per heavy atom. The topological polar surface area (TPSA) is 64.4 Å². The van der Waals surface area contributed by atoms with Crippen molar-refractivity contribution in [1.29, 1.82) is 0 Å². The van der Waals surface area contributed by atoms with Gasteiger partial charge in [0.15, 0.2) is 0 Å². The number of nitrogens with zero attached hydrogens (tertiary/aromatic N) is 3. The molecule has 0 radical (unpaired) electrons. The molecule has 1 aromatic heterocycles. The summed E-state index contributed by atoms with van der Waals surface area (Å²) in [7, 11) is 1.32. The van der Waals surface area contributed by atoms with E-state index in [0.717, 1.165) is 5.56 Å². The summed E-state index contributed by atoms with van der Waals surface area (Å²) in [4.78, 5) is 29.8. The molecular formula is C15H15N3O3. The number of benzene rings is 1. The van der Waals surface area contributed by atoms with E-state index < -0.39 is 5.97 Å². The van der Waals surface area contributed by atoms with E-state index in [2.05, 4.69) is 9.72 Å². The number of carbonyl (C=O) groups is 2. The molecule has 0 bridgehead atoms. The third-order valence-electron chi connectivity index (χ3n) is 3.53. The lowest BCUT2D eigenvalue weighted by Crippen LogP contribution is -2.43. The Morgan fingerprint density at radius 2 is 2.05 bits per heavy atom. The van der Waals surface area contributed by atoms with Crippen LogP contribution in [0.25, 0.3) is 11.3 Å². The van der Waals surface area contributed by atoms with Gasteiger partial charge >= 0.3 is 5.97 Å². The fraction of sp³-hybridized carbons (Fsp3) is 0.267. The highest BCUT2D eigenvalue weighted by molar-refractivity contribution is 6.00. The van der Waals surface area contributed by atoms with Crippen LogP contribution in [0.5, 0.6) is 0 Å². The lowest BCUT2D eigenvalue weighted by Gasteiger charge is -2.27. The highest BCUT2D eigenvalue weighted by Gasteiger charge is 2.30. The van der Waals surface area contributed by atoms with Crippen molar-refractivity contribution in [2.24, 2.45) is 0 Å². The molecule has 6 nitrogen and oxygen atoms in total. The SMILES string of the molecule is COC(=O)CN1CCn2cnc(-c3ccccc3)c2C1=O. The fourth-order valence-electron chi connectivity index (χ4n) is 2.43. The van der Waals surface area contributed by atoms with Crippen molar-refractivity contribution >= 4 is 11.9 Å². The molecule has 3 rings (SSSR count). The normalized spacial score (nSPS) is 14.0. The van der Waals surface area contributed by atoms with Gasteiger partial charge in [-0.2, -0.15) is 0 Å². The van der Waals surface area contributed by atoms with E-state index >= 15 is 0 Å². The molecule has 0 N–H and O–H groups in total. The number of hydrogen-bond donors (Lipinski definition) is 0. The number of hydrogen-bond acceptors (Lipinski definition) is 4. The zero-order chi connectivity index (χ0) is 14.8. The summed E-state index contributed by atoms with van der Waals surface area (Å²) >= 11 is 0. The molecule has 6 heteroatoms. The van der Waals surface area contributed by atoms with Gasteiger partial charge in [0.2, 0.25) is 0 Å². The van der Waals surface area contributed by atoms with Crippen LogP contribution >= 0.6 is 0 Å². The number of aromatic nitrogens is 2. The van der Waals surface area contributed by atoms with Crippen molar-refractivity contribution in [2.45, 2.75) is 6.54 Å². The molecule has 0 saturated heterocycles. The molecule has 2 heterocycles. The number of amides is 1. The number of esters is 1. The predicted molar refractivity (Wildman–Crippen MR) is 75.6 cm³/mol. The second-order valence-electron chi connectivity index (χ2n) is 4.80. The molecule has 0 fully saturated rings. The molecule has 1 aliphatic heterocycles. The quantitative estimate of drug-likeness (QED) is 0.794. The second-order valence-corrected chi connectivity index (χ2v) is 4.80. The van der Waals surface area contributed by atoms with E-state index in [4.69, 9.17) is 0 Å². The summed E-state index contributed by atoms with van der Waals surface area (Å²) in [5, 5.41) is 0. The van der Waals surface area contributed by atoms with Crippen molar-refractivity contribution in [3.05, 3.63) is 42.4 Å². The van der Waals surface area contributed by atoms with Crippen LogP contribution in [-0.4, -0.2) is 46.5 Å². The Bertz CT molecular complexity index is 679. The van der Waals surface area contributed by atoms with Crippen molar-refractivity contribution in [3.8, 4) is 11.3 Å². The average Bonchev–Trinajstić information content (AvgIpc) is 2.95. The van der Waals surface area contributed by atoms with E-state index in [-0.39, 0.29) is 12.5 Å². The van der Waals surface area contributed by atoms with Crippen molar-refractivity contribution in [2.75, 3.05) is 20.2 Å². The van der Waals surface area contributed by atoms with Crippen LogP contribution in [0.4, 0.5) is 0 Å². The summed E-state index contributed by atoms with van der Waals surface area (Å²) in [5.41, 5.74) is 2.06. The molecular weight excluding hydrogens is 270 g/mol. The predicted octanol–water partition coefficient (Wildman–Crippen LogP) is 1.18.